The second-order valence-electron chi connectivity index (χ2n) is 17.4. The van der Waals surface area contributed by atoms with E-state index in [1.807, 2.05) is 0 Å². The van der Waals surface area contributed by atoms with Gasteiger partial charge in [-0.25, -0.2) is 4.79 Å². The third-order valence-electron chi connectivity index (χ3n) is 12.3. The van der Waals surface area contributed by atoms with Crippen LogP contribution in [0.25, 0.3) is 0 Å². The normalized spacial score (nSPS) is 39.9. The van der Waals surface area contributed by atoms with E-state index in [0.29, 0.717) is 0 Å². The fourth-order valence-electron chi connectivity index (χ4n) is 8.53. The maximum absolute atomic E-state index is 13.0. The molecule has 0 aromatic rings. The second kappa shape index (κ2) is 27.1. The van der Waals surface area contributed by atoms with Gasteiger partial charge in [0.1, 0.15) is 116 Å². The van der Waals surface area contributed by atoms with Gasteiger partial charge in [-0.3, -0.25) is 14.4 Å². The number of carboxylic acids is 1. The van der Waals surface area contributed by atoms with Crippen molar-refractivity contribution in [2.75, 3.05) is 46.2 Å². The monoisotopic (exact) mass is 1060 g/mol. The van der Waals surface area contributed by atoms with Gasteiger partial charge >= 0.3 is 5.97 Å². The fraction of sp³-hybridized carbons (Fsp3) is 0.897. The Balaban J connectivity index is 1.66. The van der Waals surface area contributed by atoms with Crippen molar-refractivity contribution in [3.05, 3.63) is 0 Å². The lowest BCUT2D eigenvalue weighted by molar-refractivity contribution is -0.388. The highest BCUT2D eigenvalue weighted by Gasteiger charge is 2.61. The van der Waals surface area contributed by atoms with Crippen LogP contribution in [-0.2, 0) is 57.1 Å². The summed E-state index contributed by atoms with van der Waals surface area (Å²) in [6, 6.07) is -5.25. The fourth-order valence-corrected chi connectivity index (χ4v) is 8.53. The van der Waals surface area contributed by atoms with E-state index in [-0.39, 0.29) is 0 Å². The number of carboxylic acid groups (broad SMARTS) is 1. The molecule has 0 spiro atoms. The van der Waals surface area contributed by atoms with Gasteiger partial charge in [-0.2, -0.15) is 0 Å². The number of amides is 3. The van der Waals surface area contributed by atoms with Gasteiger partial charge < -0.3 is 146 Å². The predicted octanol–water partition coefficient (Wildman–Crippen LogP) is -13.7. The van der Waals surface area contributed by atoms with Crippen molar-refractivity contribution in [3.8, 4) is 0 Å². The molecule has 0 aromatic heterocycles. The summed E-state index contributed by atoms with van der Waals surface area (Å²) in [7, 11) is 0. The van der Waals surface area contributed by atoms with Crippen molar-refractivity contribution in [1.82, 2.24) is 16.0 Å². The molecule has 0 aliphatic carbocycles. The standard InChI is InChI=1S/C39H67N3O30/c1-11(50)40-13(4-43)30(23(56)15(53)5-44)68-36-28(61)33(25(58)17(7-46)65-36)70-35-22(41-12(2)51)27(60)31(19(9-48)67-35)69-37-29(62)34(26(59)18(8-47)66-37)72-39(38(63)64)3-14(52)21(42-20(55)10-49)32(71-39)24(57)16(54)6-45/h13-19,21-37,43-49,52-54,56-62H,3-10H2,1-2H3,(H,40,50)(H,41,51)(H,42,55)(H,63,64)/t13-,14-,15+,16+,17+,18+,19+,21+,22+,23-,24+,25-,26-,27+,28+,29+,30+,31+,32+,33-,34-,35-,36-,37-,39-/m0/s1. The zero-order chi connectivity index (χ0) is 54.1. The van der Waals surface area contributed by atoms with Crippen molar-refractivity contribution in [2.24, 2.45) is 0 Å². The molecular weight excluding hydrogens is 990 g/mol. The summed E-state index contributed by atoms with van der Waals surface area (Å²) in [5.41, 5.74) is 0. The van der Waals surface area contributed by atoms with E-state index >= 15 is 0 Å². The topological polar surface area (TPSA) is 542 Å². The summed E-state index contributed by atoms with van der Waals surface area (Å²) in [4.78, 5) is 49.6. The molecule has 33 nitrogen and oxygen atoms in total. The number of carbonyl (C=O) groups is 4. The Morgan fingerprint density at radius 1 is 0.625 bits per heavy atom. The summed E-state index contributed by atoms with van der Waals surface area (Å²) in [6.45, 7) is -5.74. The van der Waals surface area contributed by atoms with E-state index in [2.05, 4.69) is 16.0 Å². The van der Waals surface area contributed by atoms with Gasteiger partial charge in [0, 0.05) is 20.3 Å². The molecule has 0 aromatic carbocycles. The number of hydrogen-bond acceptors (Lipinski definition) is 29. The largest absolute Gasteiger partial charge is 0.477 e. The average Bonchev–Trinajstić information content (AvgIpc) is 3.34. The Bertz CT molecular complexity index is 1740. The van der Waals surface area contributed by atoms with Crippen molar-refractivity contribution in [3.63, 3.8) is 0 Å². The van der Waals surface area contributed by atoms with Crippen molar-refractivity contribution < 1.29 is 149 Å². The van der Waals surface area contributed by atoms with Crippen LogP contribution in [0.1, 0.15) is 20.3 Å². The minimum absolute atomic E-state index is 0.776. The number of hydrogen-bond donors (Lipinski definition) is 21. The molecule has 33 heteroatoms. The van der Waals surface area contributed by atoms with E-state index in [0.717, 1.165) is 13.8 Å². The second-order valence-corrected chi connectivity index (χ2v) is 17.4. The van der Waals surface area contributed by atoms with Gasteiger partial charge in [0.25, 0.3) is 5.79 Å². The highest BCUT2D eigenvalue weighted by atomic mass is 16.8. The molecule has 4 fully saturated rings. The van der Waals surface area contributed by atoms with Crippen LogP contribution >= 0.6 is 0 Å². The number of ether oxygens (including phenoxy) is 8. The van der Waals surface area contributed by atoms with Gasteiger partial charge in [-0.05, 0) is 0 Å². The first-order valence-corrected chi connectivity index (χ1v) is 22.3. The molecule has 4 heterocycles. The number of carbonyl (C=O) groups excluding carboxylic acids is 3. The van der Waals surface area contributed by atoms with Crippen LogP contribution in [0.15, 0.2) is 0 Å². The zero-order valence-corrected chi connectivity index (χ0v) is 38.5. The summed E-state index contributed by atoms with van der Waals surface area (Å²) >= 11 is 0. The molecule has 0 bridgehead atoms. The third-order valence-corrected chi connectivity index (χ3v) is 12.3. The summed E-state index contributed by atoms with van der Waals surface area (Å²) in [5, 5.41) is 197. The Morgan fingerprint density at radius 3 is 1.68 bits per heavy atom. The maximum Gasteiger partial charge on any atom is 0.364 e. The molecule has 4 aliphatic rings. The maximum atomic E-state index is 13.0. The lowest BCUT2D eigenvalue weighted by atomic mass is 9.88. The highest BCUT2D eigenvalue weighted by molar-refractivity contribution is 5.78. The van der Waals surface area contributed by atoms with E-state index in [1.54, 1.807) is 0 Å². The molecule has 21 N–H and O–H groups in total. The molecule has 4 saturated heterocycles. The zero-order valence-electron chi connectivity index (χ0n) is 38.5. The van der Waals surface area contributed by atoms with E-state index in [1.165, 1.54) is 0 Å². The molecule has 0 saturated carbocycles. The molecule has 4 rings (SSSR count). The van der Waals surface area contributed by atoms with Crippen molar-refractivity contribution in [1.29, 1.82) is 0 Å². The number of aliphatic carboxylic acids is 1. The Morgan fingerprint density at radius 2 is 1.17 bits per heavy atom. The van der Waals surface area contributed by atoms with Gasteiger partial charge in [0.2, 0.25) is 17.7 Å². The lowest BCUT2D eigenvalue weighted by Gasteiger charge is -2.51. The van der Waals surface area contributed by atoms with Gasteiger partial charge in [0.05, 0.1) is 57.8 Å². The van der Waals surface area contributed by atoms with E-state index < -0.39 is 229 Å². The van der Waals surface area contributed by atoms with Gasteiger partial charge in [-0.15, -0.1) is 0 Å². The average molecular weight is 1060 g/mol. The van der Waals surface area contributed by atoms with Crippen LogP contribution in [0, 0.1) is 0 Å². The molecule has 3 amide bonds. The van der Waals surface area contributed by atoms with Crippen LogP contribution in [-0.4, -0.2) is 315 Å². The molecule has 0 unspecified atom stereocenters. The number of rotatable bonds is 24. The minimum atomic E-state index is -3.25. The first kappa shape index (κ1) is 61.4. The SMILES string of the molecule is CC(=O)N[C@H]1[C@H](O[C@H]2[C@@H](O)[C@@H](CO)O[C@@H](O[C@@H]([C@@H](O)[C@H](O)CO)[C@H](CO)NC(C)=O)[C@@H]2O)O[C@H](CO)[C@@H](O[C@@H]2O[C@H](CO)[C@H](O)[C@H](O[C@]3(C(=O)O)C[C@H](O)[C@@H](NC(=O)CO)[C@H]([C@H](O)[C@H](O)CO)O3)[C@H]2O)[C@@H]1O. The van der Waals surface area contributed by atoms with Crippen LogP contribution < -0.4 is 16.0 Å². The van der Waals surface area contributed by atoms with E-state index in [4.69, 9.17) is 37.9 Å². The quantitative estimate of drug-likeness (QED) is 0.0427. The van der Waals surface area contributed by atoms with Crippen molar-refractivity contribution >= 4 is 23.7 Å². The minimum Gasteiger partial charge on any atom is -0.477 e. The smallest absolute Gasteiger partial charge is 0.364 e. The summed E-state index contributed by atoms with van der Waals surface area (Å²) < 4.78 is 45.5. The Kier molecular flexibility index (Phi) is 23.1. The molecular formula is C39H67N3O30. The summed E-state index contributed by atoms with van der Waals surface area (Å²) in [6.07, 6.45) is -45.3. The molecule has 25 atom stereocenters. The lowest BCUT2D eigenvalue weighted by Crippen LogP contribution is -2.71. The summed E-state index contributed by atoms with van der Waals surface area (Å²) in [5.74, 6) is -8.23. The number of nitrogens with one attached hydrogen (secondary N) is 3. The molecule has 4 aliphatic heterocycles. The van der Waals surface area contributed by atoms with Crippen LogP contribution in [0.5, 0.6) is 0 Å². The molecule has 0 radical (unpaired) electrons. The van der Waals surface area contributed by atoms with Gasteiger partial charge in [0.15, 0.2) is 18.9 Å². The number of aliphatic hydroxyl groups excluding tert-OH is 17. The van der Waals surface area contributed by atoms with Crippen LogP contribution in [0.2, 0.25) is 0 Å². The predicted molar refractivity (Wildman–Crippen MR) is 222 cm³/mol. The van der Waals surface area contributed by atoms with Crippen molar-refractivity contribution in [2.45, 2.75) is 173 Å². The van der Waals surface area contributed by atoms with Crippen LogP contribution in [0.4, 0.5) is 0 Å². The van der Waals surface area contributed by atoms with Gasteiger partial charge in [-0.1, -0.05) is 0 Å². The van der Waals surface area contributed by atoms with Crippen LogP contribution in [0.3, 0.4) is 0 Å². The Labute approximate surface area is 407 Å². The first-order chi connectivity index (χ1) is 33.9. The molecule has 418 valence electrons. The highest BCUT2D eigenvalue weighted by Crippen LogP contribution is 2.39. The Hall–Kier alpha value is -3.12. The molecule has 72 heavy (non-hydrogen) atoms. The first-order valence-electron chi connectivity index (χ1n) is 22.3. The van der Waals surface area contributed by atoms with E-state index in [9.17, 15) is 111 Å². The number of aliphatic hydroxyl groups is 17. The third kappa shape index (κ3) is 14.0.